The minimum absolute atomic E-state index is 0.208. The van der Waals surface area contributed by atoms with Gasteiger partial charge in [-0.05, 0) is 80.0 Å². The first-order chi connectivity index (χ1) is 10.5. The van der Waals surface area contributed by atoms with E-state index in [2.05, 4.69) is 52.5 Å². The molecular weight excluding hydrogens is 320 g/mol. The largest absolute Gasteiger partial charge is 0.387 e. The highest BCUT2D eigenvalue weighted by Gasteiger charge is 2.57. The zero-order valence-corrected chi connectivity index (χ0v) is 17.9. The van der Waals surface area contributed by atoms with Gasteiger partial charge in [-0.2, -0.15) is 0 Å². The second kappa shape index (κ2) is 6.69. The summed E-state index contributed by atoms with van der Waals surface area (Å²) in [5, 5.41) is 19.5. The van der Waals surface area contributed by atoms with Crippen molar-refractivity contribution in [1.29, 1.82) is 0 Å². The summed E-state index contributed by atoms with van der Waals surface area (Å²) in [6.45, 7) is 17.0. The third kappa shape index (κ3) is 4.79. The van der Waals surface area contributed by atoms with Gasteiger partial charge in [0.25, 0.3) is 0 Å². The molecule has 1 saturated heterocycles. The van der Waals surface area contributed by atoms with E-state index in [0.717, 1.165) is 12.8 Å². The monoisotopic (exact) mass is 356 g/mol. The highest BCUT2D eigenvalue weighted by molar-refractivity contribution is 6.75. The predicted octanol–water partition coefficient (Wildman–Crippen LogP) is 4.01. The summed E-state index contributed by atoms with van der Waals surface area (Å²) in [6, 6.07) is 0. The molecule has 24 heavy (non-hydrogen) atoms. The number of hydrogen-bond donors (Lipinski definition) is 2. The lowest BCUT2D eigenvalue weighted by Crippen LogP contribution is -2.44. The van der Waals surface area contributed by atoms with Gasteiger partial charge in [-0.25, -0.2) is 0 Å². The summed E-state index contributed by atoms with van der Waals surface area (Å²) in [5.41, 5.74) is -2.43. The molecule has 2 rings (SSSR count). The highest BCUT2D eigenvalue weighted by Crippen LogP contribution is 2.44. The number of aliphatic hydroxyl groups is 2. The van der Waals surface area contributed by atoms with Gasteiger partial charge in [0.15, 0.2) is 0 Å². The molecule has 0 aromatic rings. The highest BCUT2D eigenvalue weighted by atomic mass is 28.4. The van der Waals surface area contributed by atoms with Crippen LogP contribution in [0.15, 0.2) is 23.4 Å². The molecule has 1 fully saturated rings. The van der Waals surface area contributed by atoms with Crippen molar-refractivity contribution in [1.82, 2.24) is 0 Å². The van der Waals surface area contributed by atoms with Crippen LogP contribution in [0.3, 0.4) is 0 Å². The molecule has 0 bridgehead atoms. The van der Waals surface area contributed by atoms with Gasteiger partial charge in [0.2, 0.25) is 0 Å². The maximum Gasteiger partial charge on any atom is 0.370 e. The van der Waals surface area contributed by atoms with Gasteiger partial charge in [0.05, 0.1) is 22.4 Å². The van der Waals surface area contributed by atoms with Crippen LogP contribution in [0.25, 0.3) is 0 Å². The summed E-state index contributed by atoms with van der Waals surface area (Å²) in [4.78, 5) is 0. The normalized spacial score (nSPS) is 24.9. The summed E-state index contributed by atoms with van der Waals surface area (Å²) in [5.74, 6) is 0. The summed E-state index contributed by atoms with van der Waals surface area (Å²) >= 11 is 0. The fourth-order valence-corrected chi connectivity index (χ4v) is 5.96. The number of hydrogen-bond acceptors (Lipinski definition) is 4. The Balaban J connectivity index is 0.000000307. The van der Waals surface area contributed by atoms with Crippen molar-refractivity contribution in [3.8, 4) is 0 Å². The Hall–Kier alpha value is -0.463. The third-order valence-electron chi connectivity index (χ3n) is 5.37. The molecule has 0 aromatic heterocycles. The molecule has 0 amide bonds. The number of allylic oxidation sites excluding steroid dienone is 4. The quantitative estimate of drug-likeness (QED) is 0.734. The van der Waals surface area contributed by atoms with Crippen molar-refractivity contribution >= 4 is 8.56 Å². The van der Waals surface area contributed by atoms with Crippen LogP contribution >= 0.6 is 0 Å². The van der Waals surface area contributed by atoms with Crippen molar-refractivity contribution in [2.75, 3.05) is 0 Å². The Bertz CT molecular complexity index is 476. The van der Waals surface area contributed by atoms with Gasteiger partial charge < -0.3 is 19.1 Å². The van der Waals surface area contributed by atoms with E-state index in [-0.39, 0.29) is 11.2 Å². The maximum absolute atomic E-state index is 9.10. The zero-order valence-electron chi connectivity index (χ0n) is 16.9. The van der Waals surface area contributed by atoms with Crippen LogP contribution in [0.2, 0.25) is 6.55 Å². The van der Waals surface area contributed by atoms with E-state index in [4.69, 9.17) is 19.1 Å². The van der Waals surface area contributed by atoms with Gasteiger partial charge in [0.1, 0.15) is 0 Å². The lowest BCUT2D eigenvalue weighted by molar-refractivity contribution is -0.107. The molecule has 0 spiro atoms. The van der Waals surface area contributed by atoms with Crippen LogP contribution in [-0.4, -0.2) is 41.2 Å². The Morgan fingerprint density at radius 3 is 1.62 bits per heavy atom. The Morgan fingerprint density at radius 2 is 1.33 bits per heavy atom. The van der Waals surface area contributed by atoms with Gasteiger partial charge in [0, 0.05) is 0 Å². The average Bonchev–Trinajstić information content (AvgIpc) is 2.53. The summed E-state index contributed by atoms with van der Waals surface area (Å²) < 4.78 is 12.6. The van der Waals surface area contributed by atoms with Crippen molar-refractivity contribution in [3.05, 3.63) is 23.4 Å². The lowest BCUT2D eigenvalue weighted by Gasteiger charge is -2.31. The van der Waals surface area contributed by atoms with Crippen LogP contribution in [0, 0.1) is 0 Å². The van der Waals surface area contributed by atoms with Gasteiger partial charge in [-0.1, -0.05) is 18.2 Å². The maximum atomic E-state index is 9.10. The van der Waals surface area contributed by atoms with E-state index in [1.807, 2.05) is 0 Å². The van der Waals surface area contributed by atoms with Crippen LogP contribution in [0.4, 0.5) is 0 Å². The van der Waals surface area contributed by atoms with Crippen molar-refractivity contribution in [2.24, 2.45) is 0 Å². The molecule has 1 aliphatic carbocycles. The Morgan fingerprint density at radius 1 is 0.917 bits per heavy atom. The molecular formula is C19H36O4Si. The molecule has 4 nitrogen and oxygen atoms in total. The zero-order chi connectivity index (χ0) is 19.0. The van der Waals surface area contributed by atoms with Crippen LogP contribution < -0.4 is 0 Å². The van der Waals surface area contributed by atoms with E-state index in [9.17, 15) is 0 Å². The standard InChI is InChI=1S/C13H22O2Si.C6H14O2/c1-12(2)13(3,4)15-16(5,14-12)11-9-7-6-8-10-11;1-5(2,7)6(3,4)8/h7,9-10H,6,8H2,1-5H3;7-8H,1-4H3. The molecule has 0 atom stereocenters. The molecule has 5 heteroatoms. The second-order valence-electron chi connectivity index (χ2n) is 8.93. The third-order valence-corrected chi connectivity index (χ3v) is 8.59. The molecule has 2 aliphatic rings. The number of rotatable bonds is 2. The summed E-state index contributed by atoms with van der Waals surface area (Å²) in [7, 11) is -2.18. The molecule has 0 aromatic carbocycles. The molecule has 0 unspecified atom stereocenters. The van der Waals surface area contributed by atoms with Crippen molar-refractivity contribution in [3.63, 3.8) is 0 Å². The van der Waals surface area contributed by atoms with Crippen LogP contribution in [-0.2, 0) is 8.85 Å². The van der Waals surface area contributed by atoms with Gasteiger partial charge in [-0.3, -0.25) is 0 Å². The average molecular weight is 357 g/mol. The first-order valence-electron chi connectivity index (χ1n) is 8.74. The first-order valence-corrected chi connectivity index (χ1v) is 11.1. The molecule has 1 heterocycles. The molecule has 1 aliphatic heterocycles. The molecule has 2 N–H and O–H groups in total. The van der Waals surface area contributed by atoms with E-state index in [1.165, 1.54) is 5.20 Å². The molecule has 140 valence electrons. The second-order valence-corrected chi connectivity index (χ2v) is 11.8. The van der Waals surface area contributed by atoms with E-state index in [1.54, 1.807) is 27.7 Å². The van der Waals surface area contributed by atoms with Crippen molar-refractivity contribution in [2.45, 2.75) is 97.2 Å². The topological polar surface area (TPSA) is 58.9 Å². The van der Waals surface area contributed by atoms with Gasteiger partial charge in [-0.15, -0.1) is 0 Å². The van der Waals surface area contributed by atoms with Gasteiger partial charge >= 0.3 is 8.56 Å². The molecule has 0 radical (unpaired) electrons. The Kier molecular flexibility index (Phi) is 6.01. The van der Waals surface area contributed by atoms with E-state index in [0.29, 0.717) is 0 Å². The summed E-state index contributed by atoms with van der Waals surface area (Å²) in [6.07, 6.45) is 8.94. The first kappa shape index (κ1) is 21.6. The smallest absolute Gasteiger partial charge is 0.370 e. The fourth-order valence-electron chi connectivity index (χ4n) is 2.31. The lowest BCUT2D eigenvalue weighted by atomic mass is 9.90. The minimum atomic E-state index is -2.18. The Labute approximate surface area is 148 Å². The predicted molar refractivity (Wildman–Crippen MR) is 101 cm³/mol. The SMILES string of the molecule is CC(C)(O)C(C)(C)O.CC1(C)O[Si](C)(C2=CCCC=C2)OC1(C)C. The fraction of sp³-hybridized carbons (Fsp3) is 0.789. The van der Waals surface area contributed by atoms with E-state index < -0.39 is 19.8 Å². The minimum Gasteiger partial charge on any atom is -0.387 e. The molecule has 0 saturated carbocycles. The van der Waals surface area contributed by atoms with Crippen molar-refractivity contribution < 1.29 is 19.1 Å². The van der Waals surface area contributed by atoms with E-state index >= 15 is 0 Å². The van der Waals surface area contributed by atoms with Crippen LogP contribution in [0.1, 0.15) is 68.2 Å². The van der Waals surface area contributed by atoms with Crippen LogP contribution in [0.5, 0.6) is 0 Å².